The van der Waals surface area contributed by atoms with Gasteiger partial charge in [0.25, 0.3) is 0 Å². The Morgan fingerprint density at radius 3 is 2.24 bits per heavy atom. The zero-order valence-electron chi connectivity index (χ0n) is 19.0. The smallest absolute Gasteiger partial charge is 0.343 e. The Bertz CT molecular complexity index is 1180. The highest BCUT2D eigenvalue weighted by Crippen LogP contribution is 2.41. The van der Waals surface area contributed by atoms with Crippen LogP contribution in [0.2, 0.25) is 0 Å². The summed E-state index contributed by atoms with van der Waals surface area (Å²) in [7, 11) is 5.87. The summed E-state index contributed by atoms with van der Waals surface area (Å²) in [6, 6.07) is 6.79. The number of hydrogen-bond acceptors (Lipinski definition) is 12. The topological polar surface area (TPSA) is 135 Å². The zero-order chi connectivity index (χ0) is 24.1. The number of hydrogen-bond donors (Lipinski definition) is 2. The highest BCUT2D eigenvalue weighted by molar-refractivity contribution is 6.00. The molecule has 0 atom stereocenters. The standard InChI is InChI=1S/C22H23N5O7/c1-29-15-9-12(10-16(30-2)18(15)31-3)25-21-23-11-24-22(27-21)26-13-5-6-14-19(34-8-7-33-14)17(13)20(28)32-4/h5-6,9-11H,7-8H2,1-4H3,(H2,23,24,25,26,27). The Kier molecular flexibility index (Phi) is 6.67. The summed E-state index contributed by atoms with van der Waals surface area (Å²) in [4.78, 5) is 25.1. The van der Waals surface area contributed by atoms with Gasteiger partial charge in [0, 0.05) is 17.8 Å². The fraction of sp³-hybridized carbons (Fsp3) is 0.273. The third-order valence-corrected chi connectivity index (χ3v) is 4.84. The molecule has 2 N–H and O–H groups in total. The maximum atomic E-state index is 12.5. The van der Waals surface area contributed by atoms with Crippen molar-refractivity contribution in [2.24, 2.45) is 0 Å². The van der Waals surface area contributed by atoms with E-state index in [1.165, 1.54) is 34.8 Å². The number of ether oxygens (including phenoxy) is 6. The van der Waals surface area contributed by atoms with Crippen LogP contribution in [0.5, 0.6) is 28.7 Å². The van der Waals surface area contributed by atoms with E-state index in [-0.39, 0.29) is 17.5 Å². The van der Waals surface area contributed by atoms with Crippen LogP contribution < -0.4 is 34.3 Å². The Morgan fingerprint density at radius 1 is 0.912 bits per heavy atom. The first-order chi connectivity index (χ1) is 16.6. The van der Waals surface area contributed by atoms with Crippen molar-refractivity contribution >= 4 is 29.2 Å². The molecule has 1 aromatic heterocycles. The van der Waals surface area contributed by atoms with Crippen LogP contribution in [0.4, 0.5) is 23.3 Å². The third-order valence-electron chi connectivity index (χ3n) is 4.84. The lowest BCUT2D eigenvalue weighted by Crippen LogP contribution is -2.19. The molecule has 0 amide bonds. The maximum absolute atomic E-state index is 12.5. The van der Waals surface area contributed by atoms with Gasteiger partial charge in [-0.3, -0.25) is 0 Å². The van der Waals surface area contributed by atoms with Crippen LogP contribution in [0, 0.1) is 0 Å². The van der Waals surface area contributed by atoms with E-state index in [1.807, 2.05) is 0 Å². The Labute approximate surface area is 195 Å². The van der Waals surface area contributed by atoms with Gasteiger partial charge in [-0.25, -0.2) is 14.8 Å². The monoisotopic (exact) mass is 469 g/mol. The first kappa shape index (κ1) is 22.7. The van der Waals surface area contributed by atoms with Gasteiger partial charge in [0.15, 0.2) is 23.0 Å². The van der Waals surface area contributed by atoms with Gasteiger partial charge < -0.3 is 39.1 Å². The average Bonchev–Trinajstić information content (AvgIpc) is 2.87. The fourth-order valence-electron chi connectivity index (χ4n) is 3.34. The van der Waals surface area contributed by atoms with Crippen molar-refractivity contribution in [2.75, 3.05) is 52.3 Å². The van der Waals surface area contributed by atoms with Crippen molar-refractivity contribution < 1.29 is 33.2 Å². The quantitative estimate of drug-likeness (QED) is 0.470. The summed E-state index contributed by atoms with van der Waals surface area (Å²) in [6.07, 6.45) is 1.32. The number of nitrogens with zero attached hydrogens (tertiary/aromatic N) is 3. The molecule has 2 aromatic carbocycles. The molecule has 1 aliphatic heterocycles. The Balaban J connectivity index is 1.63. The summed E-state index contributed by atoms with van der Waals surface area (Å²) in [5, 5.41) is 6.09. The van der Waals surface area contributed by atoms with Gasteiger partial charge in [-0.05, 0) is 12.1 Å². The molecule has 3 aromatic rings. The predicted octanol–water partition coefficient (Wildman–Crippen LogP) is 2.94. The van der Waals surface area contributed by atoms with Gasteiger partial charge in [-0.15, -0.1) is 0 Å². The molecule has 0 saturated heterocycles. The molecule has 34 heavy (non-hydrogen) atoms. The number of anilines is 4. The van der Waals surface area contributed by atoms with Crippen LogP contribution in [0.1, 0.15) is 10.4 Å². The van der Waals surface area contributed by atoms with Gasteiger partial charge in [0.05, 0.1) is 34.1 Å². The van der Waals surface area contributed by atoms with Gasteiger partial charge in [0.2, 0.25) is 17.6 Å². The number of nitrogens with one attached hydrogen (secondary N) is 2. The number of rotatable bonds is 8. The first-order valence-electron chi connectivity index (χ1n) is 10.1. The molecule has 0 unspecified atom stereocenters. The van der Waals surface area contributed by atoms with Crippen LogP contribution >= 0.6 is 0 Å². The lowest BCUT2D eigenvalue weighted by molar-refractivity contribution is 0.0592. The number of fused-ring (bicyclic) bond motifs is 1. The summed E-state index contributed by atoms with van der Waals surface area (Å²) >= 11 is 0. The number of benzene rings is 2. The molecule has 0 aliphatic carbocycles. The molecule has 178 valence electrons. The Morgan fingerprint density at radius 2 is 1.59 bits per heavy atom. The van der Waals surface area contributed by atoms with E-state index in [4.69, 9.17) is 28.4 Å². The highest BCUT2D eigenvalue weighted by atomic mass is 16.6. The molecule has 4 rings (SSSR count). The summed E-state index contributed by atoms with van der Waals surface area (Å²) < 4.78 is 32.2. The minimum atomic E-state index is -0.588. The van der Waals surface area contributed by atoms with Gasteiger partial charge in [-0.1, -0.05) is 0 Å². The average molecular weight is 469 g/mol. The maximum Gasteiger partial charge on any atom is 0.343 e. The number of carbonyl (C=O) groups is 1. The molecule has 0 saturated carbocycles. The lowest BCUT2D eigenvalue weighted by Gasteiger charge is -2.22. The van der Waals surface area contributed by atoms with Crippen LogP contribution in [-0.2, 0) is 4.74 Å². The molecule has 0 spiro atoms. The van der Waals surface area contributed by atoms with Gasteiger partial charge in [-0.2, -0.15) is 4.98 Å². The normalized spacial score (nSPS) is 11.9. The van der Waals surface area contributed by atoms with E-state index in [9.17, 15) is 4.79 Å². The number of aromatic nitrogens is 3. The minimum absolute atomic E-state index is 0.180. The zero-order valence-corrected chi connectivity index (χ0v) is 19.0. The van der Waals surface area contributed by atoms with Crippen molar-refractivity contribution in [1.82, 2.24) is 15.0 Å². The minimum Gasteiger partial charge on any atom is -0.493 e. The van der Waals surface area contributed by atoms with E-state index >= 15 is 0 Å². The van der Waals surface area contributed by atoms with E-state index in [0.29, 0.717) is 53.3 Å². The highest BCUT2D eigenvalue weighted by Gasteiger charge is 2.26. The number of carbonyl (C=O) groups excluding carboxylic acids is 1. The van der Waals surface area contributed by atoms with Crippen molar-refractivity contribution in [2.45, 2.75) is 0 Å². The van der Waals surface area contributed by atoms with Crippen LogP contribution in [0.15, 0.2) is 30.6 Å². The van der Waals surface area contributed by atoms with E-state index in [0.717, 1.165) is 0 Å². The molecule has 12 nitrogen and oxygen atoms in total. The molecule has 0 radical (unpaired) electrons. The van der Waals surface area contributed by atoms with E-state index in [2.05, 4.69) is 25.6 Å². The van der Waals surface area contributed by atoms with Crippen molar-refractivity contribution in [3.05, 3.63) is 36.2 Å². The second kappa shape index (κ2) is 9.98. The second-order valence-corrected chi connectivity index (χ2v) is 6.80. The predicted molar refractivity (Wildman–Crippen MR) is 121 cm³/mol. The molecular formula is C22H23N5O7. The number of esters is 1. The fourth-order valence-corrected chi connectivity index (χ4v) is 3.34. The van der Waals surface area contributed by atoms with Crippen molar-refractivity contribution in [1.29, 1.82) is 0 Å². The largest absolute Gasteiger partial charge is 0.493 e. The molecule has 1 aliphatic rings. The molecular weight excluding hydrogens is 446 g/mol. The second-order valence-electron chi connectivity index (χ2n) is 6.80. The van der Waals surface area contributed by atoms with Gasteiger partial charge in [0.1, 0.15) is 25.1 Å². The van der Waals surface area contributed by atoms with Crippen LogP contribution in [0.25, 0.3) is 0 Å². The molecule has 2 heterocycles. The number of methoxy groups -OCH3 is 4. The molecule has 12 heteroatoms. The summed E-state index contributed by atoms with van der Waals surface area (Å²) in [6.45, 7) is 0.707. The SMILES string of the molecule is COC(=O)c1c(Nc2ncnc(Nc3cc(OC)c(OC)c(OC)c3)n2)ccc2c1OCCO2. The van der Waals surface area contributed by atoms with Crippen molar-refractivity contribution in [3.63, 3.8) is 0 Å². The van der Waals surface area contributed by atoms with Gasteiger partial charge >= 0.3 is 5.97 Å². The summed E-state index contributed by atoms with van der Waals surface area (Å²) in [5.74, 6) is 1.99. The van der Waals surface area contributed by atoms with Crippen LogP contribution in [0.3, 0.4) is 0 Å². The first-order valence-corrected chi connectivity index (χ1v) is 10.1. The summed E-state index contributed by atoms with van der Waals surface area (Å²) in [5.41, 5.74) is 1.17. The Hall–Kier alpha value is -4.48. The van der Waals surface area contributed by atoms with E-state index in [1.54, 1.807) is 24.3 Å². The molecule has 0 bridgehead atoms. The molecule has 0 fully saturated rings. The third kappa shape index (κ3) is 4.51. The van der Waals surface area contributed by atoms with Crippen LogP contribution in [-0.4, -0.2) is 62.6 Å². The van der Waals surface area contributed by atoms with Crippen molar-refractivity contribution in [3.8, 4) is 28.7 Å². The van der Waals surface area contributed by atoms with E-state index < -0.39 is 5.97 Å². The lowest BCUT2D eigenvalue weighted by atomic mass is 10.1.